The zero-order chi connectivity index (χ0) is 21.5. The number of aromatic amines is 1. The summed E-state index contributed by atoms with van der Waals surface area (Å²) in [7, 11) is 0. The smallest absolute Gasteiger partial charge is 0.260 e. The lowest BCUT2D eigenvalue weighted by molar-refractivity contribution is -0.0692. The third-order valence-electron chi connectivity index (χ3n) is 6.24. The quantitative estimate of drug-likeness (QED) is 0.412. The molecule has 1 saturated carbocycles. The second kappa shape index (κ2) is 7.96. The number of terminal acetylenes is 1. The maximum Gasteiger partial charge on any atom is 0.260 e. The number of carbonyl (C=O) groups is 1. The van der Waals surface area contributed by atoms with Crippen molar-refractivity contribution in [1.82, 2.24) is 14.5 Å². The minimum absolute atomic E-state index is 0.0583. The Labute approximate surface area is 172 Å². The molecule has 9 nitrogen and oxygen atoms in total. The van der Waals surface area contributed by atoms with E-state index in [9.17, 15) is 24.9 Å². The number of ether oxygens (including phenoxy) is 1. The molecule has 0 spiro atoms. The number of aliphatic hydroxyl groups is 3. The van der Waals surface area contributed by atoms with Crippen molar-refractivity contribution in [2.45, 2.75) is 62.6 Å². The largest absolute Gasteiger partial charge is 0.396 e. The van der Waals surface area contributed by atoms with Crippen LogP contribution >= 0.6 is 0 Å². The van der Waals surface area contributed by atoms with Crippen LogP contribution in [0.3, 0.4) is 0 Å². The summed E-state index contributed by atoms with van der Waals surface area (Å²) in [5.41, 5.74) is -2.27. The summed E-state index contributed by atoms with van der Waals surface area (Å²) in [6.45, 7) is -0.273. The maximum absolute atomic E-state index is 13.2. The Hall–Kier alpha value is -2.51. The molecule has 0 bridgehead atoms. The van der Waals surface area contributed by atoms with E-state index >= 15 is 0 Å². The Morgan fingerprint density at radius 1 is 1.40 bits per heavy atom. The lowest BCUT2D eigenvalue weighted by Gasteiger charge is -2.26. The Morgan fingerprint density at radius 2 is 2.13 bits per heavy atom. The molecule has 30 heavy (non-hydrogen) atoms. The van der Waals surface area contributed by atoms with Crippen molar-refractivity contribution in [3.05, 3.63) is 28.4 Å². The van der Waals surface area contributed by atoms with Crippen LogP contribution in [0.5, 0.6) is 0 Å². The lowest BCUT2D eigenvalue weighted by Crippen LogP contribution is -2.45. The average Bonchev–Trinajstić information content (AvgIpc) is 3.26. The number of hydrogen-bond donors (Lipinski definition) is 4. The molecule has 4 N–H and O–H groups in total. The van der Waals surface area contributed by atoms with Gasteiger partial charge < -0.3 is 29.6 Å². The Kier molecular flexibility index (Phi) is 5.51. The van der Waals surface area contributed by atoms with E-state index < -0.39 is 29.6 Å². The van der Waals surface area contributed by atoms with E-state index in [-0.39, 0.29) is 41.3 Å². The highest BCUT2D eigenvalue weighted by molar-refractivity contribution is 6.08. The molecule has 2 aliphatic rings. The predicted molar refractivity (Wildman–Crippen MR) is 107 cm³/mol. The maximum atomic E-state index is 13.2. The molecular formula is C21H25N3O6. The number of aromatic nitrogens is 3. The summed E-state index contributed by atoms with van der Waals surface area (Å²) in [6.07, 6.45) is 9.09. The molecule has 1 aliphatic carbocycles. The van der Waals surface area contributed by atoms with Gasteiger partial charge in [0, 0.05) is 18.7 Å². The van der Waals surface area contributed by atoms with Crippen molar-refractivity contribution in [3.8, 4) is 12.3 Å². The third kappa shape index (κ3) is 3.17. The fourth-order valence-corrected chi connectivity index (χ4v) is 4.60. The summed E-state index contributed by atoms with van der Waals surface area (Å²) < 4.78 is 7.14. The van der Waals surface area contributed by atoms with Gasteiger partial charge in [0.15, 0.2) is 17.6 Å². The van der Waals surface area contributed by atoms with E-state index in [0.29, 0.717) is 0 Å². The third-order valence-corrected chi connectivity index (χ3v) is 6.24. The number of aliphatic hydroxyl groups excluding tert-OH is 2. The second-order valence-corrected chi connectivity index (χ2v) is 8.03. The van der Waals surface area contributed by atoms with Crippen LogP contribution in [0.15, 0.2) is 17.3 Å². The summed E-state index contributed by atoms with van der Waals surface area (Å²) in [4.78, 5) is 32.5. The van der Waals surface area contributed by atoms with Crippen LogP contribution in [-0.4, -0.2) is 60.1 Å². The van der Waals surface area contributed by atoms with Gasteiger partial charge in [0.1, 0.15) is 11.8 Å². The molecule has 0 amide bonds. The molecule has 3 heterocycles. The van der Waals surface area contributed by atoms with Gasteiger partial charge in [0.2, 0.25) is 0 Å². The van der Waals surface area contributed by atoms with Crippen LogP contribution < -0.4 is 5.56 Å². The van der Waals surface area contributed by atoms with E-state index in [1.54, 1.807) is 0 Å². The van der Waals surface area contributed by atoms with E-state index in [1.807, 2.05) is 0 Å². The van der Waals surface area contributed by atoms with E-state index in [4.69, 9.17) is 11.2 Å². The standard InChI is InChI=1S/C21H25N3O6/c1-2-21(29)17(27)14(8-9-25)30-20(21)24-10-13(15-18(24)22-11-23-19(15)28)16(26)12-6-4-3-5-7-12/h1,10-12,14,17,20,25,27,29H,3-9H2,(H,22,23,28). The van der Waals surface area contributed by atoms with Crippen LogP contribution in [0.2, 0.25) is 0 Å². The number of hydrogen-bond acceptors (Lipinski definition) is 7. The van der Waals surface area contributed by atoms with Gasteiger partial charge >= 0.3 is 0 Å². The van der Waals surface area contributed by atoms with E-state index in [0.717, 1.165) is 32.1 Å². The number of Topliss-reactive ketones (excluding diaryl/α,β-unsaturated/α-hetero) is 1. The first-order valence-electron chi connectivity index (χ1n) is 10.2. The minimum atomic E-state index is -2.12. The van der Waals surface area contributed by atoms with Gasteiger partial charge in [-0.2, -0.15) is 0 Å². The number of nitrogens with zero attached hydrogens (tertiary/aromatic N) is 2. The number of H-pyrrole nitrogens is 1. The predicted octanol–water partition coefficient (Wildman–Crippen LogP) is 0.493. The summed E-state index contributed by atoms with van der Waals surface area (Å²) in [5.74, 6) is 1.86. The van der Waals surface area contributed by atoms with E-state index in [2.05, 4.69) is 15.9 Å². The number of nitrogens with one attached hydrogen (secondary N) is 1. The zero-order valence-corrected chi connectivity index (χ0v) is 16.5. The topological polar surface area (TPSA) is 138 Å². The van der Waals surface area contributed by atoms with Crippen molar-refractivity contribution in [2.75, 3.05) is 6.61 Å². The summed E-state index contributed by atoms with van der Waals surface area (Å²) in [6, 6.07) is 0. The van der Waals surface area contributed by atoms with Gasteiger partial charge in [-0.3, -0.25) is 9.59 Å². The monoisotopic (exact) mass is 415 g/mol. The van der Waals surface area contributed by atoms with Crippen LogP contribution in [0.4, 0.5) is 0 Å². The molecule has 9 heteroatoms. The van der Waals surface area contributed by atoms with Crippen molar-refractivity contribution in [2.24, 2.45) is 5.92 Å². The molecule has 2 fully saturated rings. The van der Waals surface area contributed by atoms with E-state index in [1.165, 1.54) is 17.1 Å². The Morgan fingerprint density at radius 3 is 2.80 bits per heavy atom. The second-order valence-electron chi connectivity index (χ2n) is 8.03. The van der Waals surface area contributed by atoms with Gasteiger partial charge in [0.25, 0.3) is 5.56 Å². The molecule has 4 unspecified atom stereocenters. The summed E-state index contributed by atoms with van der Waals surface area (Å²) >= 11 is 0. The van der Waals surface area contributed by atoms with Gasteiger partial charge in [-0.1, -0.05) is 25.2 Å². The zero-order valence-electron chi connectivity index (χ0n) is 16.5. The number of fused-ring (bicyclic) bond motifs is 1. The van der Waals surface area contributed by atoms with Gasteiger partial charge in [0.05, 0.1) is 23.4 Å². The van der Waals surface area contributed by atoms with Gasteiger partial charge in [-0.05, 0) is 19.3 Å². The number of ketones is 1. The fourth-order valence-electron chi connectivity index (χ4n) is 4.60. The first-order valence-corrected chi connectivity index (χ1v) is 10.2. The highest BCUT2D eigenvalue weighted by Crippen LogP contribution is 2.41. The Bertz CT molecular complexity index is 1050. The molecule has 160 valence electrons. The molecule has 0 aromatic carbocycles. The molecule has 0 radical (unpaired) electrons. The van der Waals surface area contributed by atoms with Crippen molar-refractivity contribution in [3.63, 3.8) is 0 Å². The minimum Gasteiger partial charge on any atom is -0.396 e. The SMILES string of the molecule is C#CC1(O)C(O)C(CCO)OC1n1cc(C(=O)C2CCCCC2)c2c(=O)[nH]cnc21. The average molecular weight is 415 g/mol. The molecule has 2 aromatic heterocycles. The van der Waals surface area contributed by atoms with Crippen molar-refractivity contribution in [1.29, 1.82) is 0 Å². The molecule has 1 aliphatic heterocycles. The highest BCUT2D eigenvalue weighted by atomic mass is 16.6. The van der Waals surface area contributed by atoms with Crippen molar-refractivity contribution >= 4 is 16.8 Å². The molecule has 4 rings (SSSR count). The first kappa shape index (κ1) is 20.8. The molecule has 4 atom stereocenters. The van der Waals surface area contributed by atoms with Crippen LogP contribution in [0, 0.1) is 18.3 Å². The van der Waals surface area contributed by atoms with Crippen molar-refractivity contribution < 1.29 is 24.9 Å². The molecular weight excluding hydrogens is 390 g/mol. The molecule has 2 aromatic rings. The molecule has 1 saturated heterocycles. The summed E-state index contributed by atoms with van der Waals surface area (Å²) in [5, 5.41) is 30.9. The first-order chi connectivity index (χ1) is 14.4. The number of rotatable bonds is 5. The highest BCUT2D eigenvalue weighted by Gasteiger charge is 2.55. The number of carbonyl (C=O) groups excluding carboxylic acids is 1. The van der Waals surface area contributed by atoms with Crippen LogP contribution in [0.25, 0.3) is 11.0 Å². The van der Waals surface area contributed by atoms with Crippen LogP contribution in [-0.2, 0) is 4.74 Å². The van der Waals surface area contributed by atoms with Gasteiger partial charge in [-0.15, -0.1) is 6.42 Å². The van der Waals surface area contributed by atoms with Gasteiger partial charge in [-0.25, -0.2) is 4.98 Å². The van der Waals surface area contributed by atoms with Crippen LogP contribution in [0.1, 0.15) is 55.1 Å². The Balaban J connectivity index is 1.84. The normalized spacial score (nSPS) is 29.9. The fraction of sp³-hybridized carbons (Fsp3) is 0.571. The lowest BCUT2D eigenvalue weighted by atomic mass is 9.84.